The van der Waals surface area contributed by atoms with Crippen LogP contribution < -0.4 is 21.3 Å². The average Bonchev–Trinajstić information content (AvgIpc) is 3.36. The smallest absolute Gasteiger partial charge is 0.323 e. The maximum atomic E-state index is 13.3. The lowest BCUT2D eigenvalue weighted by Crippen LogP contribution is -2.19. The first-order valence-electron chi connectivity index (χ1n) is 10.8. The number of anilines is 5. The molecule has 8 nitrogen and oxygen atoms in total. The van der Waals surface area contributed by atoms with Crippen molar-refractivity contribution < 1.29 is 14.0 Å². The predicted molar refractivity (Wildman–Crippen MR) is 135 cm³/mol. The summed E-state index contributed by atoms with van der Waals surface area (Å²) in [4.78, 5) is 32.1. The van der Waals surface area contributed by atoms with Gasteiger partial charge in [-0.2, -0.15) is 0 Å². The summed E-state index contributed by atoms with van der Waals surface area (Å²) < 4.78 is 13.3. The minimum atomic E-state index is -0.487. The molecule has 1 aromatic heterocycles. The van der Waals surface area contributed by atoms with E-state index in [0.29, 0.717) is 28.5 Å². The Balaban J connectivity index is 1.28. The van der Waals surface area contributed by atoms with E-state index in [1.165, 1.54) is 18.2 Å². The number of carbonyl (C=O) groups excluding carboxylic acids is 2. The fourth-order valence-corrected chi connectivity index (χ4v) is 3.76. The summed E-state index contributed by atoms with van der Waals surface area (Å²) in [6, 6.07) is 17.9. The molecule has 3 aromatic carbocycles. The zero-order valence-corrected chi connectivity index (χ0v) is 18.6. The number of benzene rings is 3. The number of hydrogen-bond donors (Lipinski definition) is 5. The Hall–Kier alpha value is -4.92. The van der Waals surface area contributed by atoms with E-state index < -0.39 is 11.8 Å². The Morgan fingerprint density at radius 3 is 2.40 bits per heavy atom. The summed E-state index contributed by atoms with van der Waals surface area (Å²) in [5.74, 6) is -0.00614. The number of H-pyrrole nitrogens is 1. The van der Waals surface area contributed by atoms with Crippen LogP contribution in [0.1, 0.15) is 17.1 Å². The zero-order chi connectivity index (χ0) is 24.4. The van der Waals surface area contributed by atoms with Crippen LogP contribution in [0.2, 0.25) is 0 Å². The highest BCUT2D eigenvalue weighted by molar-refractivity contribution is 6.34. The molecule has 0 aliphatic carbocycles. The molecule has 1 aliphatic heterocycles. The van der Waals surface area contributed by atoms with Crippen LogP contribution in [0.15, 0.2) is 72.9 Å². The van der Waals surface area contributed by atoms with Crippen LogP contribution in [-0.4, -0.2) is 21.9 Å². The second kappa shape index (κ2) is 9.14. The van der Waals surface area contributed by atoms with E-state index in [2.05, 4.69) is 31.2 Å². The molecule has 5 N–H and O–H groups in total. The first-order chi connectivity index (χ1) is 16.9. The van der Waals surface area contributed by atoms with E-state index in [-0.39, 0.29) is 5.91 Å². The van der Waals surface area contributed by atoms with Gasteiger partial charge in [-0.1, -0.05) is 18.2 Å². The summed E-state index contributed by atoms with van der Waals surface area (Å²) in [6.45, 7) is 1.88. The van der Waals surface area contributed by atoms with Crippen molar-refractivity contribution in [1.29, 1.82) is 0 Å². The van der Waals surface area contributed by atoms with E-state index in [4.69, 9.17) is 0 Å². The standard InChI is InChI=1S/C26H21FN6O2/c1-15-14-28-24(29-15)13-22-21-9-8-20(12-23(21)33-25(22)34)30-18-6-3-7-19(11-18)32-26(35)31-17-5-2-4-16(27)10-17/h2-14,30H,1H3,(H,28,29)(H,33,34)(H2,31,32,35)/b22-13-. The van der Waals surface area contributed by atoms with Crippen molar-refractivity contribution in [1.82, 2.24) is 9.97 Å². The molecular weight excluding hydrogens is 447 g/mol. The van der Waals surface area contributed by atoms with Gasteiger partial charge < -0.3 is 26.3 Å². The Labute approximate surface area is 200 Å². The fraction of sp³-hybridized carbons (Fsp3) is 0.0385. The normalized spacial score (nSPS) is 13.3. The Kier molecular flexibility index (Phi) is 5.72. The van der Waals surface area contributed by atoms with Gasteiger partial charge in [0.2, 0.25) is 0 Å². The average molecular weight is 468 g/mol. The summed E-state index contributed by atoms with van der Waals surface area (Å²) in [5, 5.41) is 11.5. The highest BCUT2D eigenvalue weighted by atomic mass is 19.1. The summed E-state index contributed by atoms with van der Waals surface area (Å²) in [7, 11) is 0. The van der Waals surface area contributed by atoms with E-state index in [0.717, 1.165) is 22.6 Å². The molecule has 0 saturated carbocycles. The highest BCUT2D eigenvalue weighted by Gasteiger charge is 2.24. The second-order valence-electron chi connectivity index (χ2n) is 7.99. The van der Waals surface area contributed by atoms with Gasteiger partial charge in [0.1, 0.15) is 11.6 Å². The Morgan fingerprint density at radius 1 is 0.943 bits per heavy atom. The summed E-state index contributed by atoms with van der Waals surface area (Å²) in [6.07, 6.45) is 3.51. The molecule has 1 aliphatic rings. The number of carbonyl (C=O) groups is 2. The number of aryl methyl sites for hydroxylation is 1. The fourth-order valence-electron chi connectivity index (χ4n) is 3.76. The maximum Gasteiger partial charge on any atom is 0.323 e. The van der Waals surface area contributed by atoms with Crippen LogP contribution in [0.3, 0.4) is 0 Å². The predicted octanol–water partition coefficient (Wildman–Crippen LogP) is 5.74. The first-order valence-corrected chi connectivity index (χ1v) is 10.8. The van der Waals surface area contributed by atoms with Crippen molar-refractivity contribution in [3.63, 3.8) is 0 Å². The van der Waals surface area contributed by atoms with Gasteiger partial charge in [-0.05, 0) is 61.5 Å². The van der Waals surface area contributed by atoms with Crippen molar-refractivity contribution in [2.75, 3.05) is 21.3 Å². The molecule has 174 valence electrons. The minimum Gasteiger partial charge on any atom is -0.355 e. The number of aromatic nitrogens is 2. The summed E-state index contributed by atoms with van der Waals surface area (Å²) in [5.41, 5.74) is 5.27. The molecule has 0 atom stereocenters. The number of hydrogen-bond acceptors (Lipinski definition) is 4. The topological polar surface area (TPSA) is 111 Å². The van der Waals surface area contributed by atoms with E-state index in [9.17, 15) is 14.0 Å². The third kappa shape index (κ3) is 5.03. The number of urea groups is 1. The third-order valence-electron chi connectivity index (χ3n) is 5.30. The number of nitrogens with one attached hydrogen (secondary N) is 5. The van der Waals surface area contributed by atoms with E-state index in [1.807, 2.05) is 31.2 Å². The minimum absolute atomic E-state index is 0.193. The number of halogens is 1. The molecule has 2 heterocycles. The van der Waals surface area contributed by atoms with E-state index in [1.54, 1.807) is 36.5 Å². The maximum absolute atomic E-state index is 13.3. The zero-order valence-electron chi connectivity index (χ0n) is 18.6. The number of imidazole rings is 1. The van der Waals surface area contributed by atoms with Gasteiger partial charge in [0.15, 0.2) is 0 Å². The molecule has 0 saturated heterocycles. The van der Waals surface area contributed by atoms with Crippen LogP contribution in [0, 0.1) is 12.7 Å². The molecule has 0 fully saturated rings. The lowest BCUT2D eigenvalue weighted by atomic mass is 10.1. The Morgan fingerprint density at radius 2 is 1.66 bits per heavy atom. The van der Waals surface area contributed by atoms with Crippen molar-refractivity contribution in [2.24, 2.45) is 0 Å². The summed E-state index contributed by atoms with van der Waals surface area (Å²) >= 11 is 0. The highest BCUT2D eigenvalue weighted by Crippen LogP contribution is 2.35. The molecule has 0 bridgehead atoms. The van der Waals surface area contributed by atoms with Crippen molar-refractivity contribution >= 4 is 52.0 Å². The van der Waals surface area contributed by atoms with Crippen LogP contribution >= 0.6 is 0 Å². The SMILES string of the molecule is Cc1c[nH]c(/C=C2\C(=O)Nc3cc(Nc4cccc(NC(=O)Nc5cccc(F)c5)c4)ccc32)n1. The second-order valence-corrected chi connectivity index (χ2v) is 7.99. The first kappa shape index (κ1) is 21.9. The number of fused-ring (bicyclic) bond motifs is 1. The lowest BCUT2D eigenvalue weighted by molar-refractivity contribution is -0.110. The van der Waals surface area contributed by atoms with Gasteiger partial charge in [-0.25, -0.2) is 14.2 Å². The van der Waals surface area contributed by atoms with Crippen LogP contribution in [0.5, 0.6) is 0 Å². The quantitative estimate of drug-likeness (QED) is 0.241. The van der Waals surface area contributed by atoms with Gasteiger partial charge >= 0.3 is 6.03 Å². The van der Waals surface area contributed by atoms with Gasteiger partial charge in [-0.3, -0.25) is 4.79 Å². The largest absolute Gasteiger partial charge is 0.355 e. The lowest BCUT2D eigenvalue weighted by Gasteiger charge is -2.11. The molecular formula is C26H21FN6O2. The number of aromatic amines is 1. The van der Waals surface area contributed by atoms with Crippen molar-refractivity contribution in [2.45, 2.75) is 6.92 Å². The van der Waals surface area contributed by atoms with Gasteiger partial charge in [0.25, 0.3) is 5.91 Å². The van der Waals surface area contributed by atoms with Gasteiger partial charge in [0.05, 0.1) is 17.0 Å². The molecule has 5 rings (SSSR count). The number of amides is 3. The third-order valence-corrected chi connectivity index (χ3v) is 5.30. The molecule has 9 heteroatoms. The van der Waals surface area contributed by atoms with Crippen molar-refractivity contribution in [3.05, 3.63) is 95.8 Å². The van der Waals surface area contributed by atoms with E-state index >= 15 is 0 Å². The molecule has 35 heavy (non-hydrogen) atoms. The van der Waals surface area contributed by atoms with Crippen LogP contribution in [-0.2, 0) is 4.79 Å². The Bertz CT molecular complexity index is 1480. The molecule has 0 radical (unpaired) electrons. The van der Waals surface area contributed by atoms with Gasteiger partial charge in [-0.15, -0.1) is 0 Å². The number of nitrogens with zero attached hydrogens (tertiary/aromatic N) is 1. The molecule has 4 aromatic rings. The molecule has 3 amide bonds. The number of rotatable bonds is 5. The molecule has 0 spiro atoms. The molecule has 0 unspecified atom stereocenters. The van der Waals surface area contributed by atoms with Crippen molar-refractivity contribution in [3.8, 4) is 0 Å². The van der Waals surface area contributed by atoms with Crippen LogP contribution in [0.25, 0.3) is 11.6 Å². The van der Waals surface area contributed by atoms with Gasteiger partial charge in [0, 0.05) is 34.5 Å². The van der Waals surface area contributed by atoms with Crippen LogP contribution in [0.4, 0.5) is 37.6 Å². The monoisotopic (exact) mass is 468 g/mol.